The molecule has 1 fully saturated rings. The van der Waals surface area contributed by atoms with Crippen molar-refractivity contribution < 1.29 is 14.0 Å². The van der Waals surface area contributed by atoms with Gasteiger partial charge in [0.05, 0.1) is 21.1 Å². The summed E-state index contributed by atoms with van der Waals surface area (Å²) in [5.41, 5.74) is 0. The Bertz CT molecular complexity index is 281. The Hall–Kier alpha value is -0.570. The quantitative estimate of drug-likeness (QED) is 0.571. The predicted molar refractivity (Wildman–Crippen MR) is 74.1 cm³/mol. The van der Waals surface area contributed by atoms with Crippen molar-refractivity contribution in [1.82, 2.24) is 0 Å². The molecule has 18 heavy (non-hydrogen) atoms. The Kier molecular flexibility index (Phi) is 5.20. The van der Waals surface area contributed by atoms with Gasteiger partial charge in [-0.05, 0) is 30.6 Å². The molecule has 0 saturated heterocycles. The number of nitrogens with zero attached hydrogens (tertiary/aromatic N) is 1. The van der Waals surface area contributed by atoms with Gasteiger partial charge in [0.15, 0.2) is 6.54 Å². The van der Waals surface area contributed by atoms with E-state index >= 15 is 0 Å². The summed E-state index contributed by atoms with van der Waals surface area (Å²) < 4.78 is 6.39. The first-order chi connectivity index (χ1) is 8.19. The highest BCUT2D eigenvalue weighted by molar-refractivity contribution is 5.70. The molecule has 0 heterocycles. The van der Waals surface area contributed by atoms with Crippen LogP contribution in [0.3, 0.4) is 0 Å². The minimum Gasteiger partial charge on any atom is -0.458 e. The molecule has 1 rings (SSSR count). The third-order valence-corrected chi connectivity index (χ3v) is 3.85. The topological polar surface area (TPSA) is 26.3 Å². The lowest BCUT2D eigenvalue weighted by molar-refractivity contribution is -0.862. The Labute approximate surface area is 112 Å². The Morgan fingerprint density at radius 2 is 1.89 bits per heavy atom. The first kappa shape index (κ1) is 15.5. The maximum Gasteiger partial charge on any atom is 0.362 e. The van der Waals surface area contributed by atoms with E-state index in [0.29, 0.717) is 28.8 Å². The Morgan fingerprint density at radius 3 is 2.39 bits per heavy atom. The summed E-state index contributed by atoms with van der Waals surface area (Å²) in [5.74, 6) is 1.77. The number of carbonyl (C=O) groups excluding carboxylic acids is 1. The molecule has 3 nitrogen and oxygen atoms in total. The summed E-state index contributed by atoms with van der Waals surface area (Å²) in [5, 5.41) is 0. The number of rotatable bonds is 4. The van der Waals surface area contributed by atoms with Gasteiger partial charge in [-0.3, -0.25) is 0 Å². The zero-order valence-corrected chi connectivity index (χ0v) is 12.9. The van der Waals surface area contributed by atoms with Crippen molar-refractivity contribution in [3.8, 4) is 0 Å². The molecule has 0 aromatic carbocycles. The van der Waals surface area contributed by atoms with E-state index in [4.69, 9.17) is 4.74 Å². The maximum atomic E-state index is 12.0. The van der Waals surface area contributed by atoms with Crippen LogP contribution in [0.15, 0.2) is 0 Å². The molecule has 0 aromatic rings. The van der Waals surface area contributed by atoms with Gasteiger partial charge in [-0.15, -0.1) is 0 Å². The van der Waals surface area contributed by atoms with Gasteiger partial charge in [0.25, 0.3) is 0 Å². The van der Waals surface area contributed by atoms with Gasteiger partial charge in [-0.1, -0.05) is 27.2 Å². The second-order valence-electron chi connectivity index (χ2n) is 7.30. The molecule has 1 saturated carbocycles. The first-order valence-electron chi connectivity index (χ1n) is 7.19. The Morgan fingerprint density at radius 1 is 1.28 bits per heavy atom. The van der Waals surface area contributed by atoms with Crippen LogP contribution in [0.4, 0.5) is 0 Å². The molecule has 1 aliphatic carbocycles. The number of hydrogen-bond donors (Lipinski definition) is 0. The highest BCUT2D eigenvalue weighted by Crippen LogP contribution is 2.35. The van der Waals surface area contributed by atoms with Gasteiger partial charge < -0.3 is 9.22 Å². The first-order valence-corrected chi connectivity index (χ1v) is 7.19. The molecule has 106 valence electrons. The Balaban J connectivity index is 2.58. The molecule has 0 radical (unpaired) electrons. The molecule has 0 amide bonds. The second kappa shape index (κ2) is 6.05. The number of hydrogen-bond acceptors (Lipinski definition) is 2. The molecular formula is C15H30NO2+. The number of ether oxygens (including phenoxy) is 1. The molecule has 3 heteroatoms. The van der Waals surface area contributed by atoms with Gasteiger partial charge in [-0.25, -0.2) is 4.79 Å². The highest BCUT2D eigenvalue weighted by Gasteiger charge is 2.34. The fourth-order valence-corrected chi connectivity index (χ4v) is 2.84. The lowest BCUT2D eigenvalue weighted by atomic mass is 9.75. The largest absolute Gasteiger partial charge is 0.458 e. The van der Waals surface area contributed by atoms with Crippen LogP contribution < -0.4 is 0 Å². The van der Waals surface area contributed by atoms with Crippen molar-refractivity contribution >= 4 is 5.97 Å². The highest BCUT2D eigenvalue weighted by atomic mass is 16.5. The molecule has 0 aliphatic heterocycles. The van der Waals surface area contributed by atoms with E-state index in [2.05, 4.69) is 20.8 Å². The predicted octanol–water partition coefficient (Wildman–Crippen LogP) is 2.70. The number of quaternary nitrogens is 1. The van der Waals surface area contributed by atoms with Crippen molar-refractivity contribution in [3.05, 3.63) is 0 Å². The van der Waals surface area contributed by atoms with E-state index in [0.717, 1.165) is 6.42 Å². The smallest absolute Gasteiger partial charge is 0.362 e. The van der Waals surface area contributed by atoms with Crippen LogP contribution in [-0.4, -0.2) is 44.2 Å². The van der Waals surface area contributed by atoms with Crippen LogP contribution in [-0.2, 0) is 9.53 Å². The van der Waals surface area contributed by atoms with E-state index in [-0.39, 0.29) is 12.1 Å². The molecule has 0 bridgehead atoms. The van der Waals surface area contributed by atoms with Gasteiger partial charge in [-0.2, -0.15) is 0 Å². The van der Waals surface area contributed by atoms with Crippen LogP contribution in [0.25, 0.3) is 0 Å². The third-order valence-electron chi connectivity index (χ3n) is 3.85. The summed E-state index contributed by atoms with van der Waals surface area (Å²) in [7, 11) is 6.06. The van der Waals surface area contributed by atoms with E-state index in [1.165, 1.54) is 12.8 Å². The average Bonchev–Trinajstić information content (AvgIpc) is 2.13. The van der Waals surface area contributed by atoms with Crippen molar-refractivity contribution in [2.45, 2.75) is 46.1 Å². The lowest BCUT2D eigenvalue weighted by Gasteiger charge is -2.37. The number of likely N-dealkylation sites (N-methyl/N-ethyl adjacent to an activating group) is 1. The summed E-state index contributed by atoms with van der Waals surface area (Å²) in [6.07, 6.45) is 3.63. The van der Waals surface area contributed by atoms with Crippen LogP contribution in [0.2, 0.25) is 0 Å². The molecular weight excluding hydrogens is 226 g/mol. The molecule has 0 aromatic heterocycles. The summed E-state index contributed by atoms with van der Waals surface area (Å²) in [4.78, 5) is 12.0. The second-order valence-corrected chi connectivity index (χ2v) is 7.30. The lowest BCUT2D eigenvalue weighted by Crippen LogP contribution is -2.43. The van der Waals surface area contributed by atoms with Crippen molar-refractivity contribution in [2.24, 2.45) is 17.8 Å². The fraction of sp³-hybridized carbons (Fsp3) is 0.933. The summed E-state index contributed by atoms with van der Waals surface area (Å²) in [6, 6.07) is 0. The minimum atomic E-state index is -0.0488. The van der Waals surface area contributed by atoms with Crippen molar-refractivity contribution in [2.75, 3.05) is 27.7 Å². The molecule has 1 aliphatic rings. The zero-order valence-electron chi connectivity index (χ0n) is 12.9. The normalized spacial score (nSPS) is 29.4. The molecule has 3 atom stereocenters. The van der Waals surface area contributed by atoms with Gasteiger partial charge in [0, 0.05) is 0 Å². The molecule has 0 N–H and O–H groups in total. The molecule has 0 spiro atoms. The van der Waals surface area contributed by atoms with Crippen molar-refractivity contribution in [1.29, 1.82) is 0 Å². The third kappa shape index (κ3) is 4.97. The standard InChI is InChI=1S/C15H30NO2/c1-11(2)13-8-7-12(3)9-14(13)18-15(17)10-16(4,5)6/h11-14H,7-10H2,1-6H3/q+1/t12-,13+,14+/m1/s1. The van der Waals surface area contributed by atoms with Crippen LogP contribution >= 0.6 is 0 Å². The fourth-order valence-electron chi connectivity index (χ4n) is 2.84. The molecule has 0 unspecified atom stereocenters. The minimum absolute atomic E-state index is 0.0488. The van der Waals surface area contributed by atoms with Crippen LogP contribution in [0.1, 0.15) is 40.0 Å². The van der Waals surface area contributed by atoms with Gasteiger partial charge in [0.1, 0.15) is 6.10 Å². The summed E-state index contributed by atoms with van der Waals surface area (Å²) in [6.45, 7) is 7.19. The maximum absolute atomic E-state index is 12.0. The van der Waals surface area contributed by atoms with E-state index in [1.54, 1.807) is 0 Å². The number of carbonyl (C=O) groups is 1. The van der Waals surface area contributed by atoms with Crippen LogP contribution in [0, 0.1) is 17.8 Å². The van der Waals surface area contributed by atoms with E-state index in [9.17, 15) is 4.79 Å². The van der Waals surface area contributed by atoms with Gasteiger partial charge >= 0.3 is 5.97 Å². The van der Waals surface area contributed by atoms with Gasteiger partial charge in [0.2, 0.25) is 0 Å². The van der Waals surface area contributed by atoms with Crippen LogP contribution in [0.5, 0.6) is 0 Å². The van der Waals surface area contributed by atoms with Crippen molar-refractivity contribution in [3.63, 3.8) is 0 Å². The number of esters is 1. The zero-order chi connectivity index (χ0) is 13.9. The monoisotopic (exact) mass is 256 g/mol. The SMILES string of the molecule is CC(C)[C@@H]1CC[C@@H](C)C[C@@H]1OC(=O)C[N+](C)(C)C. The van der Waals surface area contributed by atoms with E-state index in [1.807, 2.05) is 21.1 Å². The average molecular weight is 256 g/mol. The summed E-state index contributed by atoms with van der Waals surface area (Å²) >= 11 is 0. The van der Waals surface area contributed by atoms with E-state index < -0.39 is 0 Å².